The highest BCUT2D eigenvalue weighted by Gasteiger charge is 2.21. The van der Waals surface area contributed by atoms with Gasteiger partial charge in [-0.25, -0.2) is 0 Å². The highest BCUT2D eigenvalue weighted by Crippen LogP contribution is 2.22. The van der Waals surface area contributed by atoms with Crippen LogP contribution in [-0.4, -0.2) is 12.1 Å². The lowest BCUT2D eigenvalue weighted by Crippen LogP contribution is -2.25. The van der Waals surface area contributed by atoms with Gasteiger partial charge in [0.25, 0.3) is 0 Å². The molecule has 1 aliphatic carbocycles. The standard InChI is InChI=1S/C17H24O2/c1-14(12-13-15-8-4-2-5-9-15)17(18)19-16-10-6-3-7-11-16/h2,4-5,8-9,14,16H,3,6-7,10-13H2,1H3. The molecule has 1 saturated carbocycles. The zero-order valence-corrected chi connectivity index (χ0v) is 11.8. The van der Waals surface area contributed by atoms with Crippen LogP contribution in [-0.2, 0) is 16.0 Å². The van der Waals surface area contributed by atoms with Gasteiger partial charge in [-0.2, -0.15) is 0 Å². The molecule has 104 valence electrons. The third kappa shape index (κ3) is 4.70. The summed E-state index contributed by atoms with van der Waals surface area (Å²) in [5, 5.41) is 0. The number of aryl methyl sites for hydroxylation is 1. The largest absolute Gasteiger partial charge is 0.462 e. The van der Waals surface area contributed by atoms with E-state index in [0.29, 0.717) is 0 Å². The first kappa shape index (κ1) is 14.1. The van der Waals surface area contributed by atoms with E-state index in [1.165, 1.54) is 24.8 Å². The van der Waals surface area contributed by atoms with Gasteiger partial charge in [-0.1, -0.05) is 43.7 Å². The number of carbonyl (C=O) groups is 1. The molecule has 1 unspecified atom stereocenters. The van der Waals surface area contributed by atoms with Crippen LogP contribution in [0.5, 0.6) is 0 Å². The van der Waals surface area contributed by atoms with Gasteiger partial charge in [0.05, 0.1) is 5.92 Å². The first-order chi connectivity index (χ1) is 9.25. The van der Waals surface area contributed by atoms with Crippen molar-refractivity contribution in [3.8, 4) is 0 Å². The summed E-state index contributed by atoms with van der Waals surface area (Å²) < 4.78 is 5.60. The zero-order valence-electron chi connectivity index (χ0n) is 11.8. The maximum absolute atomic E-state index is 12.0. The van der Waals surface area contributed by atoms with Crippen molar-refractivity contribution in [1.82, 2.24) is 0 Å². The van der Waals surface area contributed by atoms with E-state index in [4.69, 9.17) is 4.74 Å². The number of rotatable bonds is 5. The van der Waals surface area contributed by atoms with Crippen LogP contribution < -0.4 is 0 Å². The van der Waals surface area contributed by atoms with Gasteiger partial charge in [-0.15, -0.1) is 0 Å². The van der Waals surface area contributed by atoms with Gasteiger partial charge in [-0.3, -0.25) is 4.79 Å². The number of benzene rings is 1. The summed E-state index contributed by atoms with van der Waals surface area (Å²) in [4.78, 5) is 12.0. The third-order valence-corrected chi connectivity index (χ3v) is 3.95. The maximum atomic E-state index is 12.0. The molecule has 0 spiro atoms. The minimum atomic E-state index is -0.0113. The molecule has 1 fully saturated rings. The lowest BCUT2D eigenvalue weighted by molar-refractivity contribution is -0.155. The normalized spacial score (nSPS) is 17.9. The number of hydrogen-bond donors (Lipinski definition) is 0. The van der Waals surface area contributed by atoms with E-state index in [0.717, 1.165) is 25.7 Å². The average molecular weight is 260 g/mol. The molecule has 1 atom stereocenters. The summed E-state index contributed by atoms with van der Waals surface area (Å²) in [6.07, 6.45) is 7.80. The predicted octanol–water partition coefficient (Wildman–Crippen LogP) is 4.13. The average Bonchev–Trinajstić information content (AvgIpc) is 2.47. The van der Waals surface area contributed by atoms with Crippen molar-refractivity contribution in [3.63, 3.8) is 0 Å². The Kier molecular flexibility index (Phi) is 5.44. The van der Waals surface area contributed by atoms with Gasteiger partial charge < -0.3 is 4.74 Å². The molecule has 0 saturated heterocycles. The first-order valence-corrected chi connectivity index (χ1v) is 7.50. The summed E-state index contributed by atoms with van der Waals surface area (Å²) in [5.74, 6) is -0.00929. The fourth-order valence-electron chi connectivity index (χ4n) is 2.61. The molecular weight excluding hydrogens is 236 g/mol. The van der Waals surface area contributed by atoms with Gasteiger partial charge >= 0.3 is 5.97 Å². The van der Waals surface area contributed by atoms with Crippen LogP contribution in [0.2, 0.25) is 0 Å². The van der Waals surface area contributed by atoms with E-state index in [9.17, 15) is 4.79 Å². The van der Waals surface area contributed by atoms with E-state index >= 15 is 0 Å². The van der Waals surface area contributed by atoms with Crippen LogP contribution >= 0.6 is 0 Å². The van der Waals surface area contributed by atoms with Gasteiger partial charge in [0, 0.05) is 0 Å². The van der Waals surface area contributed by atoms with Crippen LogP contribution in [0.3, 0.4) is 0 Å². The van der Waals surface area contributed by atoms with Crippen LogP contribution in [0.25, 0.3) is 0 Å². The second-order valence-electron chi connectivity index (χ2n) is 5.62. The molecule has 0 radical (unpaired) electrons. The number of ether oxygens (including phenoxy) is 1. The maximum Gasteiger partial charge on any atom is 0.308 e. The summed E-state index contributed by atoms with van der Waals surface area (Å²) in [5.41, 5.74) is 1.29. The molecule has 19 heavy (non-hydrogen) atoms. The van der Waals surface area contributed by atoms with Crippen LogP contribution in [0.15, 0.2) is 30.3 Å². The van der Waals surface area contributed by atoms with Gasteiger partial charge in [0.2, 0.25) is 0 Å². The number of carbonyl (C=O) groups excluding carboxylic acids is 1. The fourth-order valence-corrected chi connectivity index (χ4v) is 2.61. The third-order valence-electron chi connectivity index (χ3n) is 3.95. The summed E-state index contributed by atoms with van der Waals surface area (Å²) in [6.45, 7) is 1.98. The lowest BCUT2D eigenvalue weighted by Gasteiger charge is -2.23. The SMILES string of the molecule is CC(CCc1ccccc1)C(=O)OC1CCCCC1. The van der Waals surface area contributed by atoms with Crippen molar-refractivity contribution in [2.75, 3.05) is 0 Å². The molecular formula is C17H24O2. The summed E-state index contributed by atoms with van der Waals surface area (Å²) >= 11 is 0. The monoisotopic (exact) mass is 260 g/mol. The zero-order chi connectivity index (χ0) is 13.5. The molecule has 0 aliphatic heterocycles. The molecule has 0 heterocycles. The Morgan fingerprint density at radius 2 is 1.89 bits per heavy atom. The van der Waals surface area contributed by atoms with Crippen LogP contribution in [0.4, 0.5) is 0 Å². The lowest BCUT2D eigenvalue weighted by atomic mass is 9.97. The van der Waals surface area contributed by atoms with Crippen molar-refractivity contribution in [1.29, 1.82) is 0 Å². The Morgan fingerprint density at radius 1 is 1.21 bits per heavy atom. The Labute approximate surface area is 116 Å². The van der Waals surface area contributed by atoms with Crippen LogP contribution in [0, 0.1) is 5.92 Å². The fraction of sp³-hybridized carbons (Fsp3) is 0.588. The van der Waals surface area contributed by atoms with Gasteiger partial charge in [-0.05, 0) is 44.1 Å². The van der Waals surface area contributed by atoms with Gasteiger partial charge in [0.1, 0.15) is 6.10 Å². The predicted molar refractivity (Wildman–Crippen MR) is 76.9 cm³/mol. The quantitative estimate of drug-likeness (QED) is 0.744. The second-order valence-corrected chi connectivity index (χ2v) is 5.62. The molecule has 0 aromatic heterocycles. The topological polar surface area (TPSA) is 26.3 Å². The minimum absolute atomic E-state index is 0.00197. The highest BCUT2D eigenvalue weighted by molar-refractivity contribution is 5.72. The van der Waals surface area contributed by atoms with Crippen molar-refractivity contribution in [3.05, 3.63) is 35.9 Å². The summed E-state index contributed by atoms with van der Waals surface area (Å²) in [7, 11) is 0. The molecule has 2 rings (SSSR count). The molecule has 0 bridgehead atoms. The van der Waals surface area contributed by atoms with E-state index in [1.807, 2.05) is 25.1 Å². The number of hydrogen-bond acceptors (Lipinski definition) is 2. The van der Waals surface area contributed by atoms with Crippen molar-refractivity contribution < 1.29 is 9.53 Å². The van der Waals surface area contributed by atoms with Crippen molar-refractivity contribution in [2.24, 2.45) is 5.92 Å². The molecule has 1 aromatic carbocycles. The van der Waals surface area contributed by atoms with Crippen LogP contribution in [0.1, 0.15) is 51.0 Å². The Hall–Kier alpha value is -1.31. The second kappa shape index (κ2) is 7.32. The molecule has 2 heteroatoms. The Bertz CT molecular complexity index is 380. The molecule has 0 N–H and O–H groups in total. The van der Waals surface area contributed by atoms with E-state index in [2.05, 4.69) is 12.1 Å². The first-order valence-electron chi connectivity index (χ1n) is 7.50. The van der Waals surface area contributed by atoms with Crippen molar-refractivity contribution >= 4 is 5.97 Å². The molecule has 1 aliphatic rings. The highest BCUT2D eigenvalue weighted by atomic mass is 16.5. The molecule has 2 nitrogen and oxygen atoms in total. The smallest absolute Gasteiger partial charge is 0.308 e. The Balaban J connectivity index is 1.72. The van der Waals surface area contributed by atoms with E-state index in [-0.39, 0.29) is 18.0 Å². The summed E-state index contributed by atoms with van der Waals surface area (Å²) in [6, 6.07) is 10.3. The Morgan fingerprint density at radius 3 is 2.58 bits per heavy atom. The molecule has 0 amide bonds. The number of esters is 1. The minimum Gasteiger partial charge on any atom is -0.462 e. The van der Waals surface area contributed by atoms with Crippen molar-refractivity contribution in [2.45, 2.75) is 58.0 Å². The van der Waals surface area contributed by atoms with Gasteiger partial charge in [0.15, 0.2) is 0 Å². The molecule has 1 aromatic rings. The van der Waals surface area contributed by atoms with E-state index < -0.39 is 0 Å². The van der Waals surface area contributed by atoms with E-state index in [1.54, 1.807) is 0 Å².